The van der Waals surface area contributed by atoms with Crippen LogP contribution in [-0.2, 0) is 14.0 Å². The molecule has 0 fully saturated rings. The lowest BCUT2D eigenvalue weighted by atomic mass is 10.4. The van der Waals surface area contributed by atoms with Crippen LogP contribution in [0.1, 0.15) is 13.8 Å². The number of ether oxygens (including phenoxy) is 2. The molecule has 2 amide bonds. The van der Waals surface area contributed by atoms with E-state index in [9.17, 15) is 14.2 Å². The third-order valence-electron chi connectivity index (χ3n) is 3.41. The lowest BCUT2D eigenvalue weighted by molar-refractivity contribution is 0.103. The van der Waals surface area contributed by atoms with Crippen molar-refractivity contribution in [2.45, 2.75) is 13.8 Å². The Labute approximate surface area is 152 Å². The molecule has 7 nitrogen and oxygen atoms in total. The Morgan fingerprint density at radius 2 is 1.35 bits per heavy atom. The van der Waals surface area contributed by atoms with E-state index in [-0.39, 0.29) is 13.2 Å². The van der Waals surface area contributed by atoms with Crippen molar-refractivity contribution < 1.29 is 23.6 Å². The summed E-state index contributed by atoms with van der Waals surface area (Å²) in [7, 11) is -3.75. The van der Waals surface area contributed by atoms with Gasteiger partial charge in [-0.2, -0.15) is 4.78 Å². The van der Waals surface area contributed by atoms with Crippen molar-refractivity contribution in [3.8, 4) is 0 Å². The number of nitrogens with zero attached hydrogens (tertiary/aromatic N) is 1. The zero-order valence-corrected chi connectivity index (χ0v) is 15.5. The molecule has 138 valence electrons. The fraction of sp³-hybridized carbons (Fsp3) is 0.222. The molecular formula is C18H21N2O5P. The second-order valence-corrected chi connectivity index (χ2v) is 7.67. The average molecular weight is 376 g/mol. The molecule has 0 saturated heterocycles. The highest BCUT2D eigenvalue weighted by molar-refractivity contribution is 7.77. The van der Waals surface area contributed by atoms with Crippen molar-refractivity contribution in [1.29, 1.82) is 0 Å². The Morgan fingerprint density at radius 3 is 1.77 bits per heavy atom. The van der Waals surface area contributed by atoms with Crippen molar-refractivity contribution in [2.75, 3.05) is 13.2 Å². The molecule has 2 aromatic rings. The van der Waals surface area contributed by atoms with Crippen LogP contribution in [0.5, 0.6) is 0 Å². The van der Waals surface area contributed by atoms with Gasteiger partial charge in [-0.1, -0.05) is 36.4 Å². The van der Waals surface area contributed by atoms with E-state index in [1.54, 1.807) is 74.5 Å². The molecule has 1 N–H and O–H groups in total. The van der Waals surface area contributed by atoms with Crippen LogP contribution >= 0.6 is 7.29 Å². The number of carbonyl (C=O) groups excluding carboxylic acids is 2. The normalized spacial score (nSPS) is 10.7. The molecule has 0 spiro atoms. The van der Waals surface area contributed by atoms with Gasteiger partial charge >= 0.3 is 12.2 Å². The van der Waals surface area contributed by atoms with Gasteiger partial charge in [-0.15, -0.1) is 0 Å². The zero-order chi connectivity index (χ0) is 19.0. The Hall–Kier alpha value is -2.79. The first kappa shape index (κ1) is 19.5. The van der Waals surface area contributed by atoms with Crippen molar-refractivity contribution in [3.05, 3.63) is 60.7 Å². The number of nitrogens with one attached hydrogen (secondary N) is 1. The van der Waals surface area contributed by atoms with E-state index in [1.165, 1.54) is 0 Å². The molecule has 0 aliphatic rings. The number of hydrazine groups is 1. The Morgan fingerprint density at radius 1 is 0.885 bits per heavy atom. The Kier molecular flexibility index (Phi) is 6.81. The molecule has 0 aromatic heterocycles. The number of benzene rings is 2. The lowest BCUT2D eigenvalue weighted by Crippen LogP contribution is -2.48. The fourth-order valence-corrected chi connectivity index (χ4v) is 4.73. The minimum Gasteiger partial charge on any atom is -0.449 e. The van der Waals surface area contributed by atoms with Crippen LogP contribution in [0, 0.1) is 0 Å². The molecule has 26 heavy (non-hydrogen) atoms. The molecule has 0 radical (unpaired) electrons. The van der Waals surface area contributed by atoms with E-state index in [0.717, 1.165) is 4.78 Å². The summed E-state index contributed by atoms with van der Waals surface area (Å²) in [5, 5.41) is 0.743. The summed E-state index contributed by atoms with van der Waals surface area (Å²) >= 11 is 0. The highest BCUT2D eigenvalue weighted by Gasteiger charge is 2.40. The van der Waals surface area contributed by atoms with Crippen LogP contribution in [0.3, 0.4) is 0 Å². The maximum Gasteiger partial charge on any atom is 0.435 e. The third-order valence-corrected chi connectivity index (χ3v) is 6.23. The molecule has 0 unspecified atom stereocenters. The van der Waals surface area contributed by atoms with Crippen LogP contribution in [0.2, 0.25) is 0 Å². The summed E-state index contributed by atoms with van der Waals surface area (Å²) in [6.07, 6.45) is -1.83. The maximum absolute atomic E-state index is 14.1. The van der Waals surface area contributed by atoms with Gasteiger partial charge in [0.25, 0.3) is 7.29 Å². The molecule has 0 bridgehead atoms. The standard InChI is InChI=1S/C18H21N2O5P/c1-3-24-17(21)19-20(18(22)25-4-2)26(23,15-11-7-5-8-12-15)16-13-9-6-10-14-16/h5-14H,3-4H2,1-2H3,(H,19,21). The fourth-order valence-electron chi connectivity index (χ4n) is 2.31. The van der Waals surface area contributed by atoms with Gasteiger partial charge in [-0.05, 0) is 38.1 Å². The largest absolute Gasteiger partial charge is 0.449 e. The topological polar surface area (TPSA) is 84.9 Å². The van der Waals surface area contributed by atoms with Gasteiger partial charge in [-0.3, -0.25) is 4.57 Å². The smallest absolute Gasteiger partial charge is 0.435 e. The van der Waals surface area contributed by atoms with Crippen molar-refractivity contribution in [1.82, 2.24) is 10.2 Å². The monoisotopic (exact) mass is 376 g/mol. The Bertz CT molecular complexity index is 739. The number of carbonyl (C=O) groups is 2. The molecule has 0 saturated carbocycles. The Balaban J connectivity index is 2.60. The molecule has 0 atom stereocenters. The van der Waals surface area contributed by atoms with Crippen molar-refractivity contribution in [3.63, 3.8) is 0 Å². The van der Waals surface area contributed by atoms with E-state index in [2.05, 4.69) is 5.43 Å². The summed E-state index contributed by atoms with van der Waals surface area (Å²) in [4.78, 5) is 24.5. The molecular weight excluding hydrogens is 355 g/mol. The van der Waals surface area contributed by atoms with Gasteiger partial charge in [0.15, 0.2) is 0 Å². The van der Waals surface area contributed by atoms with E-state index < -0.39 is 19.5 Å². The van der Waals surface area contributed by atoms with Crippen molar-refractivity contribution in [2.24, 2.45) is 0 Å². The molecule has 2 aromatic carbocycles. The summed E-state index contributed by atoms with van der Waals surface area (Å²) in [5.74, 6) is 0. The number of amides is 2. The summed E-state index contributed by atoms with van der Waals surface area (Å²) in [6, 6.07) is 16.9. The predicted molar refractivity (Wildman–Crippen MR) is 98.8 cm³/mol. The van der Waals surface area contributed by atoms with Gasteiger partial charge in [0.05, 0.1) is 13.2 Å². The van der Waals surface area contributed by atoms with E-state index >= 15 is 0 Å². The highest BCUT2D eigenvalue weighted by Crippen LogP contribution is 2.46. The zero-order valence-electron chi connectivity index (χ0n) is 14.6. The second-order valence-electron chi connectivity index (χ2n) is 5.09. The van der Waals surface area contributed by atoms with Crippen LogP contribution in [-0.4, -0.2) is 30.2 Å². The number of hydrogen-bond acceptors (Lipinski definition) is 5. The van der Waals surface area contributed by atoms with Crippen LogP contribution < -0.4 is 16.0 Å². The van der Waals surface area contributed by atoms with Gasteiger partial charge in [0.1, 0.15) is 0 Å². The molecule has 0 heterocycles. The molecule has 0 aliphatic carbocycles. The highest BCUT2D eigenvalue weighted by atomic mass is 31.2. The van der Waals surface area contributed by atoms with E-state index in [4.69, 9.17) is 9.47 Å². The molecule has 2 rings (SSSR count). The van der Waals surface area contributed by atoms with Crippen molar-refractivity contribution >= 4 is 30.1 Å². The second kappa shape index (κ2) is 9.06. The quantitative estimate of drug-likeness (QED) is 0.640. The summed E-state index contributed by atoms with van der Waals surface area (Å²) < 4.78 is 24.7. The minimum absolute atomic E-state index is 0.0589. The lowest BCUT2D eigenvalue weighted by Gasteiger charge is -2.31. The van der Waals surface area contributed by atoms with Gasteiger partial charge in [0, 0.05) is 10.6 Å². The number of hydrogen-bond donors (Lipinski definition) is 1. The first-order chi connectivity index (χ1) is 12.5. The molecule has 0 aliphatic heterocycles. The predicted octanol–water partition coefficient (Wildman–Crippen LogP) is 3.04. The summed E-state index contributed by atoms with van der Waals surface area (Å²) in [6.45, 7) is 3.41. The average Bonchev–Trinajstić information content (AvgIpc) is 2.67. The SMILES string of the molecule is CCOC(=O)NN(C(=O)OCC)P(=O)(c1ccccc1)c1ccccc1. The van der Waals surface area contributed by atoms with Crippen LogP contribution in [0.4, 0.5) is 9.59 Å². The first-order valence-corrected chi connectivity index (χ1v) is 9.82. The minimum atomic E-state index is -3.75. The maximum atomic E-state index is 14.1. The van der Waals surface area contributed by atoms with Crippen LogP contribution in [0.25, 0.3) is 0 Å². The van der Waals surface area contributed by atoms with Gasteiger partial charge in [0.2, 0.25) is 0 Å². The van der Waals surface area contributed by atoms with E-state index in [0.29, 0.717) is 10.6 Å². The molecule has 8 heteroatoms. The number of rotatable bonds is 5. The van der Waals surface area contributed by atoms with Gasteiger partial charge in [-0.25, -0.2) is 15.0 Å². The van der Waals surface area contributed by atoms with Gasteiger partial charge < -0.3 is 9.47 Å². The summed E-state index contributed by atoms with van der Waals surface area (Å²) in [5.41, 5.74) is 2.27. The third kappa shape index (κ3) is 4.24. The van der Waals surface area contributed by atoms with Crippen LogP contribution in [0.15, 0.2) is 60.7 Å². The first-order valence-electron chi connectivity index (χ1n) is 8.16. The van der Waals surface area contributed by atoms with E-state index in [1.807, 2.05) is 0 Å².